The summed E-state index contributed by atoms with van der Waals surface area (Å²) in [4.78, 5) is 20.7. The zero-order chi connectivity index (χ0) is 35.5. The summed E-state index contributed by atoms with van der Waals surface area (Å²) < 4.78 is 0. The summed E-state index contributed by atoms with van der Waals surface area (Å²) in [6, 6.07) is 7.65. The lowest BCUT2D eigenvalue weighted by molar-refractivity contribution is -0.231. The molecule has 5 heteroatoms. The summed E-state index contributed by atoms with van der Waals surface area (Å²) in [5.74, 6) is 2.46. The second-order valence-corrected chi connectivity index (χ2v) is 19.4. The average Bonchev–Trinajstić information content (AvgIpc) is 3.47. The van der Waals surface area contributed by atoms with Crippen LogP contribution in [0.3, 0.4) is 0 Å². The van der Waals surface area contributed by atoms with Gasteiger partial charge in [-0.15, -0.1) is 0 Å². The molecule has 0 amide bonds. The second kappa shape index (κ2) is 13.5. The summed E-state index contributed by atoms with van der Waals surface area (Å²) in [6.45, 7) is 25.6. The first-order chi connectivity index (χ1) is 23.8. The number of hydroxylamine groups is 1. The van der Waals surface area contributed by atoms with Crippen molar-refractivity contribution in [3.63, 3.8) is 0 Å². The van der Waals surface area contributed by atoms with Gasteiger partial charge in [0, 0.05) is 6.54 Å². The molecule has 1 saturated heterocycles. The van der Waals surface area contributed by atoms with E-state index in [1.807, 2.05) is 12.1 Å². The van der Waals surface area contributed by atoms with Crippen LogP contribution in [0.15, 0.2) is 42.5 Å². The first-order valence-electron chi connectivity index (χ1n) is 20.5. The third-order valence-corrected chi connectivity index (χ3v) is 16.9. The highest BCUT2D eigenvalue weighted by molar-refractivity contribution is 5.88. The van der Waals surface area contributed by atoms with Crippen LogP contribution in [0.1, 0.15) is 141 Å². The maximum Gasteiger partial charge on any atom is 0.335 e. The van der Waals surface area contributed by atoms with E-state index < -0.39 is 5.97 Å². The van der Waals surface area contributed by atoms with Crippen LogP contribution in [0.5, 0.6) is 0 Å². The van der Waals surface area contributed by atoms with E-state index in [-0.39, 0.29) is 16.2 Å². The summed E-state index contributed by atoms with van der Waals surface area (Å²) >= 11 is 0. The Hall–Kier alpha value is -1.95. The third-order valence-electron chi connectivity index (χ3n) is 16.9. The normalized spacial score (nSPS) is 40.9. The summed E-state index contributed by atoms with van der Waals surface area (Å²) in [5.41, 5.74) is 9.01. The van der Waals surface area contributed by atoms with Gasteiger partial charge < -0.3 is 14.8 Å². The molecule has 9 atom stereocenters. The molecule has 1 heterocycles. The summed E-state index contributed by atoms with van der Waals surface area (Å²) in [5, 5.41) is 9.50. The zero-order valence-electron chi connectivity index (χ0n) is 32.4. The number of hydrogen-bond acceptors (Lipinski definition) is 4. The van der Waals surface area contributed by atoms with Crippen molar-refractivity contribution in [1.82, 2.24) is 10.4 Å². The van der Waals surface area contributed by atoms with Crippen molar-refractivity contribution in [3.8, 4) is 0 Å². The van der Waals surface area contributed by atoms with Crippen molar-refractivity contribution >= 4 is 11.5 Å². The van der Waals surface area contributed by atoms with E-state index in [0.717, 1.165) is 31.9 Å². The number of rotatable bonds is 10. The van der Waals surface area contributed by atoms with Crippen molar-refractivity contribution in [3.05, 3.63) is 53.6 Å². The fraction of sp³-hybridized carbons (Fsp3) is 0.756. The molecule has 0 bridgehead atoms. The Morgan fingerprint density at radius 3 is 2.36 bits per heavy atom. The smallest absolute Gasteiger partial charge is 0.335 e. The molecular weight excluding hydrogens is 617 g/mol. The van der Waals surface area contributed by atoms with Crippen LogP contribution < -0.4 is 5.48 Å². The first kappa shape index (κ1) is 36.4. The predicted octanol–water partition coefficient (Wildman–Crippen LogP) is 10.4. The average molecular weight is 685 g/mol. The molecule has 276 valence electrons. The highest BCUT2D eigenvalue weighted by atomic mass is 16.6. The molecule has 2 N–H and O–H groups in total. The second-order valence-electron chi connectivity index (χ2n) is 19.4. The van der Waals surface area contributed by atoms with Gasteiger partial charge in [-0.2, -0.15) is 0 Å². The number of nitrogens with one attached hydrogen (secondary N) is 1. The van der Waals surface area contributed by atoms with Crippen molar-refractivity contribution in [1.29, 1.82) is 0 Å². The van der Waals surface area contributed by atoms with Crippen molar-refractivity contribution in [2.75, 3.05) is 32.8 Å². The Labute approximate surface area is 304 Å². The number of carboxylic acid groups (broad SMARTS) is 1. The SMILES string of the molecule is C=C(C)[C@@H]1CC[C@]2(CONCCCN3CCCCC3)CC[C@]3(C)C(CCC4[C@@]5(C)CC=C(c6ccc(C(=O)O)cc6)C(C)(C)C5CC[C@]43C)C12. The van der Waals surface area contributed by atoms with Gasteiger partial charge in [0.25, 0.3) is 0 Å². The molecule has 1 aromatic carbocycles. The van der Waals surface area contributed by atoms with Crippen LogP contribution in [0.25, 0.3) is 5.57 Å². The Morgan fingerprint density at radius 2 is 1.66 bits per heavy atom. The van der Waals surface area contributed by atoms with Crippen LogP contribution >= 0.6 is 0 Å². The maximum absolute atomic E-state index is 11.6. The third kappa shape index (κ3) is 5.79. The lowest BCUT2D eigenvalue weighted by Crippen LogP contribution is -2.65. The largest absolute Gasteiger partial charge is 0.478 e. The van der Waals surface area contributed by atoms with Crippen LogP contribution in [0.2, 0.25) is 0 Å². The number of benzene rings is 1. The lowest BCUT2D eigenvalue weighted by atomic mass is 9.32. The minimum absolute atomic E-state index is 0.0349. The van der Waals surface area contributed by atoms with Gasteiger partial charge in [-0.1, -0.05) is 71.4 Å². The van der Waals surface area contributed by atoms with Gasteiger partial charge >= 0.3 is 5.97 Å². The highest BCUT2D eigenvalue weighted by Gasteiger charge is 2.70. The minimum Gasteiger partial charge on any atom is -0.478 e. The van der Waals surface area contributed by atoms with Crippen molar-refractivity contribution in [2.24, 2.45) is 56.7 Å². The Morgan fingerprint density at radius 1 is 0.920 bits per heavy atom. The van der Waals surface area contributed by atoms with Crippen LogP contribution in [0, 0.1) is 56.7 Å². The standard InChI is InChI=1S/C45H68N2O3/c1-31(2)34-18-23-45(30-50-46-26-11-29-47-27-9-8-10-28-47)25-24-43(6)36(39(34)45)16-17-38-42(5)21-19-35(32-12-14-33(15-13-32)40(48)49)41(3,4)37(42)20-22-44(38,43)7/h12-15,19,34,36-39,46H,1,8-11,16-18,20-30H2,2-7H3,(H,48,49)/t34-,36?,37?,38?,39?,42-,43+,44+,45+/m0/s1. The zero-order valence-corrected chi connectivity index (χ0v) is 32.4. The molecule has 0 aromatic heterocycles. The Bertz CT molecular complexity index is 1460. The van der Waals surface area contributed by atoms with Gasteiger partial charge in [-0.05, 0) is 184 Å². The number of piperidine rings is 1. The van der Waals surface area contributed by atoms with Gasteiger partial charge in [-0.3, -0.25) is 0 Å². The number of likely N-dealkylation sites (tertiary alicyclic amines) is 1. The first-order valence-corrected chi connectivity index (χ1v) is 20.5. The summed E-state index contributed by atoms with van der Waals surface area (Å²) in [7, 11) is 0. The molecule has 0 spiro atoms. The van der Waals surface area contributed by atoms with Gasteiger partial charge in [0.05, 0.1) is 12.2 Å². The van der Waals surface area contributed by atoms with Gasteiger partial charge in [-0.25, -0.2) is 10.3 Å². The number of aromatic carboxylic acids is 1. The number of nitrogens with zero attached hydrogens (tertiary/aromatic N) is 1. The van der Waals surface area contributed by atoms with E-state index >= 15 is 0 Å². The lowest BCUT2D eigenvalue weighted by Gasteiger charge is -2.72. The number of carboxylic acids is 1. The van der Waals surface area contributed by atoms with E-state index in [1.165, 1.54) is 107 Å². The molecule has 7 rings (SSSR count). The minimum atomic E-state index is -0.855. The van der Waals surface area contributed by atoms with Gasteiger partial charge in [0.1, 0.15) is 0 Å². The molecule has 4 unspecified atom stereocenters. The van der Waals surface area contributed by atoms with E-state index in [1.54, 1.807) is 12.1 Å². The Kier molecular flexibility index (Phi) is 9.81. The van der Waals surface area contributed by atoms with E-state index in [0.29, 0.717) is 40.1 Å². The number of carbonyl (C=O) groups is 1. The molecule has 50 heavy (non-hydrogen) atoms. The van der Waals surface area contributed by atoms with E-state index in [2.05, 4.69) is 64.6 Å². The molecule has 4 saturated carbocycles. The molecule has 1 aromatic rings. The Balaban J connectivity index is 1.09. The molecule has 5 nitrogen and oxygen atoms in total. The van der Waals surface area contributed by atoms with E-state index in [9.17, 15) is 9.90 Å². The molecule has 1 aliphatic heterocycles. The number of fused-ring (bicyclic) bond motifs is 7. The number of allylic oxidation sites excluding steroid dienone is 3. The van der Waals surface area contributed by atoms with E-state index in [4.69, 9.17) is 4.84 Å². The van der Waals surface area contributed by atoms with Crippen LogP contribution in [-0.2, 0) is 4.84 Å². The molecule has 5 aliphatic carbocycles. The van der Waals surface area contributed by atoms with Crippen molar-refractivity contribution < 1.29 is 14.7 Å². The van der Waals surface area contributed by atoms with Crippen LogP contribution in [-0.4, -0.2) is 48.8 Å². The predicted molar refractivity (Wildman–Crippen MR) is 205 cm³/mol. The van der Waals surface area contributed by atoms with Crippen LogP contribution in [0.4, 0.5) is 0 Å². The van der Waals surface area contributed by atoms with Gasteiger partial charge in [0.2, 0.25) is 0 Å². The highest BCUT2D eigenvalue weighted by Crippen LogP contribution is 2.77. The monoisotopic (exact) mass is 685 g/mol. The summed E-state index contributed by atoms with van der Waals surface area (Å²) in [6.07, 6.45) is 19.4. The molecule has 6 aliphatic rings. The van der Waals surface area contributed by atoms with Gasteiger partial charge in [0.15, 0.2) is 0 Å². The molecular formula is C45H68N2O3. The fourth-order valence-corrected chi connectivity index (χ4v) is 14.3. The molecule has 5 fully saturated rings. The fourth-order valence-electron chi connectivity index (χ4n) is 14.3. The quantitative estimate of drug-likeness (QED) is 0.146. The van der Waals surface area contributed by atoms with Crippen molar-refractivity contribution in [2.45, 2.75) is 125 Å². The molecule has 0 radical (unpaired) electrons. The number of hydrogen-bond donors (Lipinski definition) is 2. The maximum atomic E-state index is 11.6. The topological polar surface area (TPSA) is 61.8 Å².